The van der Waals surface area contributed by atoms with Crippen LogP contribution in [0.15, 0.2) is 0 Å². The number of hydrogen-bond donors (Lipinski definition) is 0. The maximum absolute atomic E-state index is 11.8. The Morgan fingerprint density at radius 3 is 2.16 bits per heavy atom. The third-order valence-electron chi connectivity index (χ3n) is 2.50. The van der Waals surface area contributed by atoms with E-state index in [0.29, 0.717) is 6.42 Å². The summed E-state index contributed by atoms with van der Waals surface area (Å²) >= 11 is 0. The zero-order valence-electron chi connectivity index (χ0n) is 11.5. The van der Waals surface area contributed by atoms with E-state index >= 15 is 0 Å². The van der Waals surface area contributed by atoms with Crippen molar-refractivity contribution in [2.45, 2.75) is 58.1 Å². The van der Waals surface area contributed by atoms with E-state index in [1.165, 1.54) is 0 Å². The fourth-order valence-corrected chi connectivity index (χ4v) is 2.87. The van der Waals surface area contributed by atoms with Gasteiger partial charge in [-0.05, 0) is 20.3 Å². The van der Waals surface area contributed by atoms with Gasteiger partial charge in [0.25, 0.3) is 10.1 Å². The molecule has 0 aromatic heterocycles. The maximum atomic E-state index is 11.8. The first kappa shape index (κ1) is 21.7. The molecule has 7 heteroatoms. The number of carbonyl (C=O) groups excluding carboxylic acids is 1. The van der Waals surface area contributed by atoms with Crippen molar-refractivity contribution in [1.82, 2.24) is 0 Å². The van der Waals surface area contributed by atoms with Gasteiger partial charge in [0, 0.05) is 0 Å². The van der Waals surface area contributed by atoms with Crippen LogP contribution in [0.3, 0.4) is 0 Å². The van der Waals surface area contributed by atoms with Crippen molar-refractivity contribution in [2.24, 2.45) is 0 Å². The van der Waals surface area contributed by atoms with E-state index in [1.54, 1.807) is 13.8 Å². The molecule has 0 aliphatic carbocycles. The Morgan fingerprint density at radius 2 is 1.68 bits per heavy atom. The van der Waals surface area contributed by atoms with E-state index in [2.05, 4.69) is 11.1 Å². The molecule has 5 nitrogen and oxygen atoms in total. The first-order valence-electron chi connectivity index (χ1n) is 6.54. The van der Waals surface area contributed by atoms with Gasteiger partial charge < -0.3 is 4.74 Å². The molecule has 0 rings (SSSR count). The van der Waals surface area contributed by atoms with Crippen molar-refractivity contribution in [3.05, 3.63) is 0 Å². The summed E-state index contributed by atoms with van der Waals surface area (Å²) in [5.74, 6) is -0.706. The Labute approximate surface area is 138 Å². The predicted molar refractivity (Wildman–Crippen MR) is 76.9 cm³/mol. The van der Waals surface area contributed by atoms with E-state index in [4.69, 9.17) is 4.74 Å². The third kappa shape index (κ3) is 9.02. The molecule has 0 radical (unpaired) electrons. The van der Waals surface area contributed by atoms with Gasteiger partial charge in [0.05, 0.1) is 13.2 Å². The predicted octanol–water partition coefficient (Wildman–Crippen LogP) is 1.61. The van der Waals surface area contributed by atoms with E-state index in [-0.39, 0.29) is 49.2 Å². The third-order valence-corrected chi connectivity index (χ3v) is 4.19. The number of hydrogen-bond acceptors (Lipinski definition) is 5. The van der Waals surface area contributed by atoms with Crippen LogP contribution in [0.4, 0.5) is 0 Å². The fourth-order valence-electron chi connectivity index (χ4n) is 1.62. The van der Waals surface area contributed by atoms with E-state index < -0.39 is 21.3 Å². The molecule has 0 aliphatic heterocycles. The van der Waals surface area contributed by atoms with Crippen LogP contribution in [0.25, 0.3) is 0 Å². The van der Waals surface area contributed by atoms with Gasteiger partial charge in [0.1, 0.15) is 0 Å². The van der Waals surface area contributed by atoms with Gasteiger partial charge in [-0.15, -0.1) is 0 Å². The molecule has 0 N–H and O–H groups in total. The summed E-state index contributed by atoms with van der Waals surface area (Å²) < 4.78 is 33.1. The number of rotatable bonds is 10. The zero-order chi connectivity index (χ0) is 14.0. The molecule has 1 atom stereocenters. The van der Waals surface area contributed by atoms with Crippen molar-refractivity contribution in [2.75, 3.05) is 13.2 Å². The molecule has 110 valence electrons. The van der Waals surface area contributed by atoms with Crippen molar-refractivity contribution >= 4 is 45.6 Å². The summed E-state index contributed by atoms with van der Waals surface area (Å²) in [7, 11) is -3.86. The molecule has 0 spiro atoms. The van der Waals surface area contributed by atoms with Crippen molar-refractivity contribution in [1.29, 1.82) is 0 Å². The first-order valence-corrected chi connectivity index (χ1v) is 8.01. The molecule has 0 aromatic carbocycles. The molecular weight excluding hydrogens is 279 g/mol. The average molecular weight is 304 g/mol. The molecule has 0 saturated heterocycles. The van der Waals surface area contributed by atoms with Crippen LogP contribution in [0.1, 0.15) is 52.9 Å². The number of ether oxygens (including phenoxy) is 1. The summed E-state index contributed by atoms with van der Waals surface area (Å²) in [6, 6.07) is 0. The Kier molecular flexibility index (Phi) is 13.9. The second-order valence-electron chi connectivity index (χ2n) is 3.99. The van der Waals surface area contributed by atoms with Crippen molar-refractivity contribution in [3.8, 4) is 0 Å². The van der Waals surface area contributed by atoms with Gasteiger partial charge in [-0.25, -0.2) is 0 Å². The molecule has 0 bridgehead atoms. The first-order chi connectivity index (χ1) is 8.49. The monoisotopic (exact) mass is 304 g/mol. The summed E-state index contributed by atoms with van der Waals surface area (Å²) in [5.41, 5.74) is 0. The summed E-state index contributed by atoms with van der Waals surface area (Å²) in [5, 5.41) is -1.19. The van der Waals surface area contributed by atoms with Crippen LogP contribution in [0, 0.1) is 0 Å². The van der Waals surface area contributed by atoms with Gasteiger partial charge in [-0.1, -0.05) is 32.6 Å². The van der Waals surface area contributed by atoms with Gasteiger partial charge >= 0.3 is 35.5 Å². The Balaban J connectivity index is 0. The molecule has 0 amide bonds. The van der Waals surface area contributed by atoms with Gasteiger partial charge in [-0.2, -0.15) is 8.42 Å². The van der Waals surface area contributed by atoms with Crippen LogP contribution in [-0.2, 0) is 23.8 Å². The van der Waals surface area contributed by atoms with E-state index in [0.717, 1.165) is 19.3 Å². The number of unbranched alkanes of at least 4 members (excludes halogenated alkanes) is 3. The van der Waals surface area contributed by atoms with Crippen molar-refractivity contribution in [3.63, 3.8) is 0 Å². The molecular formula is C12H25NaO5S. The van der Waals surface area contributed by atoms with Crippen LogP contribution >= 0.6 is 0 Å². The average Bonchev–Trinajstić information content (AvgIpc) is 2.28. The standard InChI is InChI=1S/C12H24O5S.Na.H/c1-4-7-8-9-10-11(12(13)16-5-2)18(14,15)17-6-3;;/h11H,4-10H2,1-3H3;;. The minimum atomic E-state index is -3.86. The number of carbonyl (C=O) groups is 1. The van der Waals surface area contributed by atoms with Crippen LogP contribution in [-0.4, -0.2) is 62.4 Å². The summed E-state index contributed by atoms with van der Waals surface area (Å²) in [6.07, 6.45) is 3.95. The normalized spacial score (nSPS) is 12.6. The molecule has 19 heavy (non-hydrogen) atoms. The molecule has 0 heterocycles. The molecule has 1 unspecified atom stereocenters. The van der Waals surface area contributed by atoms with Gasteiger partial charge in [0.2, 0.25) is 0 Å². The summed E-state index contributed by atoms with van der Waals surface area (Å²) in [6.45, 7) is 5.51. The van der Waals surface area contributed by atoms with Gasteiger partial charge in [0.15, 0.2) is 5.25 Å². The van der Waals surface area contributed by atoms with E-state index in [9.17, 15) is 13.2 Å². The Bertz CT molecular complexity index is 329. The van der Waals surface area contributed by atoms with E-state index in [1.807, 2.05) is 0 Å². The topological polar surface area (TPSA) is 69.7 Å². The quantitative estimate of drug-likeness (QED) is 0.265. The second kappa shape index (κ2) is 12.1. The Morgan fingerprint density at radius 1 is 1.05 bits per heavy atom. The molecule has 0 aliphatic rings. The minimum absolute atomic E-state index is 0. The molecule has 0 fully saturated rings. The van der Waals surface area contributed by atoms with Crippen LogP contribution in [0.2, 0.25) is 0 Å². The summed E-state index contributed by atoms with van der Waals surface area (Å²) in [4.78, 5) is 11.6. The SMILES string of the molecule is CCCCCCC(C(=O)OCC)S(=O)(=O)OCC.[NaH]. The van der Waals surface area contributed by atoms with Crippen LogP contribution in [0.5, 0.6) is 0 Å². The second-order valence-corrected chi connectivity index (χ2v) is 5.78. The molecule has 0 aromatic rings. The molecule has 0 saturated carbocycles. The van der Waals surface area contributed by atoms with Crippen molar-refractivity contribution < 1.29 is 22.1 Å². The Hall–Kier alpha value is 0.380. The van der Waals surface area contributed by atoms with Gasteiger partial charge in [-0.3, -0.25) is 8.98 Å². The zero-order valence-corrected chi connectivity index (χ0v) is 12.3. The van der Waals surface area contributed by atoms with Crippen LogP contribution < -0.4 is 0 Å². The fraction of sp³-hybridized carbons (Fsp3) is 0.917. The number of esters is 1.